The number of ether oxygens (including phenoxy) is 1. The number of aliphatic hydroxyl groups is 1. The summed E-state index contributed by atoms with van der Waals surface area (Å²) in [4.78, 5) is 21.6. The summed E-state index contributed by atoms with van der Waals surface area (Å²) in [5, 5.41) is 10.0. The molecule has 1 N–H and O–H groups in total. The van der Waals surface area contributed by atoms with Crippen molar-refractivity contribution >= 4 is 12.3 Å². The number of hydrogen-bond acceptors (Lipinski definition) is 4. The molecule has 1 aliphatic heterocycles. The zero-order valence-corrected chi connectivity index (χ0v) is 11.4. The van der Waals surface area contributed by atoms with Crippen molar-refractivity contribution in [3.8, 4) is 0 Å². The van der Waals surface area contributed by atoms with Crippen molar-refractivity contribution in [2.75, 3.05) is 6.61 Å². The molecule has 19 heavy (non-hydrogen) atoms. The molecule has 1 heterocycles. The van der Waals surface area contributed by atoms with Crippen molar-refractivity contribution in [1.82, 2.24) is 0 Å². The lowest BCUT2D eigenvalue weighted by Gasteiger charge is -2.13. The molecule has 0 saturated carbocycles. The van der Waals surface area contributed by atoms with E-state index in [0.29, 0.717) is 11.1 Å². The second-order valence-corrected chi connectivity index (χ2v) is 4.84. The molecule has 0 aromatic carbocycles. The quantitative estimate of drug-likeness (QED) is 0.345. The number of aldehydes is 1. The Labute approximate surface area is 113 Å². The molecule has 4 nitrogen and oxygen atoms in total. The Kier molecular flexibility index (Phi) is 5.70. The fraction of sp³-hybridized carbons (Fsp3) is 0.467. The highest BCUT2D eigenvalue weighted by Crippen LogP contribution is 2.24. The van der Waals surface area contributed by atoms with Gasteiger partial charge in [-0.2, -0.15) is 0 Å². The molecule has 0 aromatic rings. The van der Waals surface area contributed by atoms with E-state index in [2.05, 4.69) is 6.58 Å². The first-order valence-electron chi connectivity index (χ1n) is 6.29. The number of carbonyl (C=O) groups is 2. The predicted molar refractivity (Wildman–Crippen MR) is 72.4 cm³/mol. The predicted octanol–water partition coefficient (Wildman–Crippen LogP) is 1.95. The average Bonchev–Trinajstić information content (AvgIpc) is 2.69. The fourth-order valence-electron chi connectivity index (χ4n) is 1.88. The van der Waals surface area contributed by atoms with Gasteiger partial charge < -0.3 is 9.84 Å². The highest BCUT2D eigenvalue weighted by molar-refractivity contribution is 5.90. The standard InChI is InChI=1S/C15H20O4/c1-10(5-4-6-11(2)8-16)7-14(17)13-9-19-15(18)12(13)3/h6-8,13-14,17H,3-5,9H2,1-2H3/b10-7+,11-6+/t13-,14-/m0/s1. The zero-order valence-electron chi connectivity index (χ0n) is 11.4. The van der Waals surface area contributed by atoms with Gasteiger partial charge in [-0.3, -0.25) is 4.79 Å². The van der Waals surface area contributed by atoms with E-state index in [4.69, 9.17) is 4.74 Å². The van der Waals surface area contributed by atoms with Crippen LogP contribution in [0.25, 0.3) is 0 Å². The topological polar surface area (TPSA) is 63.6 Å². The van der Waals surface area contributed by atoms with E-state index in [1.807, 2.05) is 13.0 Å². The van der Waals surface area contributed by atoms with Gasteiger partial charge in [-0.25, -0.2) is 4.79 Å². The number of carbonyl (C=O) groups excluding carboxylic acids is 2. The summed E-state index contributed by atoms with van der Waals surface area (Å²) in [6.07, 6.45) is 5.16. The van der Waals surface area contributed by atoms with Gasteiger partial charge in [0.25, 0.3) is 0 Å². The molecule has 1 fully saturated rings. The van der Waals surface area contributed by atoms with Crippen LogP contribution in [0, 0.1) is 5.92 Å². The molecule has 2 atom stereocenters. The van der Waals surface area contributed by atoms with Gasteiger partial charge in [-0.05, 0) is 32.3 Å². The van der Waals surface area contributed by atoms with Crippen LogP contribution in [0.2, 0.25) is 0 Å². The van der Waals surface area contributed by atoms with Gasteiger partial charge in [0.1, 0.15) is 12.9 Å². The second-order valence-electron chi connectivity index (χ2n) is 4.84. The molecule has 0 aliphatic carbocycles. The maximum absolute atomic E-state index is 11.2. The van der Waals surface area contributed by atoms with E-state index in [1.54, 1.807) is 13.0 Å². The Balaban J connectivity index is 2.52. The molecular weight excluding hydrogens is 244 g/mol. The molecule has 0 bridgehead atoms. The Morgan fingerprint density at radius 2 is 2.26 bits per heavy atom. The highest BCUT2D eigenvalue weighted by Gasteiger charge is 2.33. The van der Waals surface area contributed by atoms with Crippen LogP contribution in [-0.4, -0.2) is 30.1 Å². The Morgan fingerprint density at radius 1 is 1.58 bits per heavy atom. The van der Waals surface area contributed by atoms with Gasteiger partial charge in [0, 0.05) is 5.57 Å². The lowest BCUT2D eigenvalue weighted by molar-refractivity contribution is -0.135. The molecule has 104 valence electrons. The monoisotopic (exact) mass is 264 g/mol. The summed E-state index contributed by atoms with van der Waals surface area (Å²) in [5.41, 5.74) is 2.04. The summed E-state index contributed by atoms with van der Waals surface area (Å²) in [6, 6.07) is 0. The van der Waals surface area contributed by atoms with Gasteiger partial charge in [0.05, 0.1) is 12.0 Å². The molecule has 0 radical (unpaired) electrons. The average molecular weight is 264 g/mol. The Hall–Kier alpha value is -1.68. The molecule has 1 saturated heterocycles. The van der Waals surface area contributed by atoms with Gasteiger partial charge in [-0.15, -0.1) is 0 Å². The summed E-state index contributed by atoms with van der Waals surface area (Å²) >= 11 is 0. The number of esters is 1. The van der Waals surface area contributed by atoms with E-state index in [-0.39, 0.29) is 12.5 Å². The zero-order chi connectivity index (χ0) is 14.4. The van der Waals surface area contributed by atoms with E-state index in [1.165, 1.54) is 0 Å². The van der Waals surface area contributed by atoms with Crippen LogP contribution in [-0.2, 0) is 14.3 Å². The first kappa shape index (κ1) is 15.4. The van der Waals surface area contributed by atoms with Crippen molar-refractivity contribution in [3.05, 3.63) is 35.5 Å². The van der Waals surface area contributed by atoms with Crippen molar-refractivity contribution in [2.45, 2.75) is 32.8 Å². The van der Waals surface area contributed by atoms with Gasteiger partial charge in [0.2, 0.25) is 0 Å². The molecule has 0 amide bonds. The van der Waals surface area contributed by atoms with Gasteiger partial charge in [-0.1, -0.05) is 24.3 Å². The third-order valence-corrected chi connectivity index (χ3v) is 3.16. The third-order valence-electron chi connectivity index (χ3n) is 3.16. The van der Waals surface area contributed by atoms with Crippen molar-refractivity contribution in [3.63, 3.8) is 0 Å². The maximum atomic E-state index is 11.2. The lowest BCUT2D eigenvalue weighted by atomic mass is 9.95. The minimum Gasteiger partial charge on any atom is -0.462 e. The number of rotatable bonds is 6. The van der Waals surface area contributed by atoms with Crippen LogP contribution in [0.4, 0.5) is 0 Å². The van der Waals surface area contributed by atoms with Gasteiger partial charge >= 0.3 is 5.97 Å². The number of allylic oxidation sites excluding steroid dienone is 3. The summed E-state index contributed by atoms with van der Waals surface area (Å²) in [7, 11) is 0. The van der Waals surface area contributed by atoms with E-state index < -0.39 is 12.1 Å². The van der Waals surface area contributed by atoms with E-state index in [9.17, 15) is 14.7 Å². The smallest absolute Gasteiger partial charge is 0.333 e. The summed E-state index contributed by atoms with van der Waals surface area (Å²) in [6.45, 7) is 7.48. The maximum Gasteiger partial charge on any atom is 0.333 e. The van der Waals surface area contributed by atoms with E-state index in [0.717, 1.165) is 24.7 Å². The van der Waals surface area contributed by atoms with Crippen molar-refractivity contribution in [2.24, 2.45) is 5.92 Å². The third kappa shape index (κ3) is 4.48. The number of aliphatic hydroxyl groups excluding tert-OH is 1. The Morgan fingerprint density at radius 3 is 2.79 bits per heavy atom. The molecule has 4 heteroatoms. The highest BCUT2D eigenvalue weighted by atomic mass is 16.5. The van der Waals surface area contributed by atoms with Gasteiger partial charge in [0.15, 0.2) is 0 Å². The first-order chi connectivity index (χ1) is 8.95. The van der Waals surface area contributed by atoms with Crippen LogP contribution in [0.15, 0.2) is 35.5 Å². The molecule has 0 unspecified atom stereocenters. The van der Waals surface area contributed by atoms with Crippen LogP contribution in [0.1, 0.15) is 26.7 Å². The van der Waals surface area contributed by atoms with Crippen molar-refractivity contribution in [1.29, 1.82) is 0 Å². The first-order valence-corrected chi connectivity index (χ1v) is 6.29. The normalized spacial score (nSPS) is 22.4. The summed E-state index contributed by atoms with van der Waals surface area (Å²) < 4.78 is 4.83. The Bertz CT molecular complexity index is 431. The van der Waals surface area contributed by atoms with Crippen molar-refractivity contribution < 1.29 is 19.4 Å². The molecule has 1 rings (SSSR count). The van der Waals surface area contributed by atoms with Crippen LogP contribution in [0.3, 0.4) is 0 Å². The molecule has 0 aromatic heterocycles. The van der Waals surface area contributed by atoms with Crippen LogP contribution >= 0.6 is 0 Å². The molecule has 0 spiro atoms. The van der Waals surface area contributed by atoms with E-state index >= 15 is 0 Å². The molecular formula is C15H20O4. The molecule has 1 aliphatic rings. The fourth-order valence-corrected chi connectivity index (χ4v) is 1.88. The minimum absolute atomic E-state index is 0.187. The van der Waals surface area contributed by atoms with Crippen LogP contribution < -0.4 is 0 Å². The number of cyclic esters (lactones) is 1. The second kappa shape index (κ2) is 7.04. The summed E-state index contributed by atoms with van der Waals surface area (Å²) in [5.74, 6) is -0.783. The van der Waals surface area contributed by atoms with Crippen LogP contribution in [0.5, 0.6) is 0 Å². The lowest BCUT2D eigenvalue weighted by Crippen LogP contribution is -2.20. The largest absolute Gasteiger partial charge is 0.462 e. The SMILES string of the molecule is C=C1C(=O)OC[C@@H]1[C@@H](O)/C=C(\C)CC/C=C(\C)C=O. The number of hydrogen-bond donors (Lipinski definition) is 1. The minimum atomic E-state index is -0.755.